The third kappa shape index (κ3) is 4.48. The second-order valence-corrected chi connectivity index (χ2v) is 8.95. The Hall–Kier alpha value is -3.54. The molecule has 0 bridgehead atoms. The molecule has 1 saturated heterocycles. The van der Waals surface area contributed by atoms with Crippen molar-refractivity contribution in [1.82, 2.24) is 14.6 Å². The van der Waals surface area contributed by atoms with Crippen LogP contribution < -0.4 is 4.72 Å². The lowest BCUT2D eigenvalue weighted by molar-refractivity contribution is -0.129. The molecule has 1 aromatic heterocycles. The van der Waals surface area contributed by atoms with E-state index in [2.05, 4.69) is 15.8 Å². The zero-order valence-corrected chi connectivity index (χ0v) is 17.4. The van der Waals surface area contributed by atoms with E-state index >= 15 is 0 Å². The second-order valence-electron chi connectivity index (χ2n) is 7.27. The van der Waals surface area contributed by atoms with Crippen LogP contribution in [0.15, 0.2) is 78.0 Å². The normalized spacial score (nSPS) is 16.3. The van der Waals surface area contributed by atoms with Crippen LogP contribution in [0.3, 0.4) is 0 Å². The van der Waals surface area contributed by atoms with E-state index in [1.165, 1.54) is 6.07 Å². The predicted molar refractivity (Wildman–Crippen MR) is 115 cm³/mol. The van der Waals surface area contributed by atoms with Crippen LogP contribution in [0.5, 0.6) is 0 Å². The largest absolute Gasteiger partial charge is 0.337 e. The molecule has 1 aliphatic heterocycles. The monoisotopic (exact) mass is 432 g/mol. The summed E-state index contributed by atoms with van der Waals surface area (Å²) in [4.78, 5) is 18.6. The van der Waals surface area contributed by atoms with Crippen LogP contribution >= 0.6 is 0 Å². The zero-order chi connectivity index (χ0) is 21.8. The number of hydrogen-bond donors (Lipinski definition) is 1. The van der Waals surface area contributed by atoms with Crippen LogP contribution in [0, 0.1) is 11.3 Å². The SMILES string of the molecule is N#Cc1cccc(CN2CC[C@H](NS(=O)(=O)c3ccccc3-c3ccncc3)C2=O)c1. The molecule has 3 aromatic rings. The summed E-state index contributed by atoms with van der Waals surface area (Å²) in [6.07, 6.45) is 3.59. The molecule has 4 rings (SSSR count). The number of aromatic nitrogens is 1. The molecule has 0 spiro atoms. The van der Waals surface area contributed by atoms with E-state index in [4.69, 9.17) is 5.26 Å². The first-order chi connectivity index (χ1) is 15.0. The van der Waals surface area contributed by atoms with Gasteiger partial charge in [-0.2, -0.15) is 9.98 Å². The molecule has 1 aliphatic rings. The Morgan fingerprint density at radius 3 is 2.65 bits per heavy atom. The Morgan fingerprint density at radius 2 is 1.87 bits per heavy atom. The van der Waals surface area contributed by atoms with Crippen molar-refractivity contribution in [2.75, 3.05) is 6.54 Å². The lowest BCUT2D eigenvalue weighted by atomic mass is 10.1. The molecule has 1 atom stereocenters. The van der Waals surface area contributed by atoms with Crippen molar-refractivity contribution < 1.29 is 13.2 Å². The zero-order valence-electron chi connectivity index (χ0n) is 16.6. The number of amides is 1. The van der Waals surface area contributed by atoms with Crippen LogP contribution in [0.4, 0.5) is 0 Å². The minimum atomic E-state index is -3.92. The van der Waals surface area contributed by atoms with Gasteiger partial charge in [0.05, 0.1) is 16.5 Å². The topological polar surface area (TPSA) is 103 Å². The number of pyridine rings is 1. The molecule has 0 unspecified atom stereocenters. The van der Waals surface area contributed by atoms with E-state index < -0.39 is 16.1 Å². The van der Waals surface area contributed by atoms with Gasteiger partial charge >= 0.3 is 0 Å². The lowest BCUT2D eigenvalue weighted by Gasteiger charge is -2.18. The Kier molecular flexibility index (Phi) is 5.80. The lowest BCUT2D eigenvalue weighted by Crippen LogP contribution is -2.41. The van der Waals surface area contributed by atoms with Crippen molar-refractivity contribution in [3.05, 3.63) is 84.2 Å². The van der Waals surface area contributed by atoms with E-state index in [9.17, 15) is 13.2 Å². The number of nitrogens with zero attached hydrogens (tertiary/aromatic N) is 3. The Morgan fingerprint density at radius 1 is 1.10 bits per heavy atom. The molecule has 7 nitrogen and oxygen atoms in total. The van der Waals surface area contributed by atoms with Gasteiger partial charge in [0.15, 0.2) is 0 Å². The minimum Gasteiger partial charge on any atom is -0.337 e. The van der Waals surface area contributed by atoms with Crippen LogP contribution in [0.1, 0.15) is 17.5 Å². The summed E-state index contributed by atoms with van der Waals surface area (Å²) in [6, 6.07) is 18.5. The maximum Gasteiger partial charge on any atom is 0.241 e. The molecule has 2 aromatic carbocycles. The molecule has 0 saturated carbocycles. The molecule has 0 aliphatic carbocycles. The molecule has 1 amide bonds. The van der Waals surface area contributed by atoms with Crippen molar-refractivity contribution in [3.8, 4) is 17.2 Å². The molecule has 31 heavy (non-hydrogen) atoms. The van der Waals surface area contributed by atoms with Gasteiger partial charge in [-0.1, -0.05) is 30.3 Å². The average Bonchev–Trinajstić information content (AvgIpc) is 3.13. The van der Waals surface area contributed by atoms with Gasteiger partial charge < -0.3 is 4.90 Å². The number of rotatable bonds is 6. The summed E-state index contributed by atoms with van der Waals surface area (Å²) in [7, 11) is -3.92. The van der Waals surface area contributed by atoms with Crippen molar-refractivity contribution in [1.29, 1.82) is 5.26 Å². The standard InChI is InChI=1S/C23H20N4O3S/c24-15-17-4-3-5-18(14-17)16-27-13-10-21(23(27)28)26-31(29,30)22-7-2-1-6-20(22)19-8-11-25-12-9-19/h1-9,11-12,14,21,26H,10,13,16H2/t21-/m0/s1. The molecular formula is C23H20N4O3S. The summed E-state index contributed by atoms with van der Waals surface area (Å²) >= 11 is 0. The first kappa shape index (κ1) is 20.7. The predicted octanol–water partition coefficient (Wildman–Crippen LogP) is 2.70. The van der Waals surface area contributed by atoms with Gasteiger partial charge in [0.2, 0.25) is 15.9 Å². The van der Waals surface area contributed by atoms with Gasteiger partial charge in [-0.25, -0.2) is 8.42 Å². The highest BCUT2D eigenvalue weighted by atomic mass is 32.2. The van der Waals surface area contributed by atoms with E-state index in [0.29, 0.717) is 30.6 Å². The summed E-state index contributed by atoms with van der Waals surface area (Å²) in [5.41, 5.74) is 2.63. The van der Waals surface area contributed by atoms with Gasteiger partial charge in [0, 0.05) is 31.0 Å². The number of hydrogen-bond acceptors (Lipinski definition) is 5. The van der Waals surface area contributed by atoms with E-state index in [1.54, 1.807) is 65.8 Å². The summed E-state index contributed by atoms with van der Waals surface area (Å²) in [5.74, 6) is -0.271. The second kappa shape index (κ2) is 8.68. The number of carbonyl (C=O) groups is 1. The van der Waals surface area contributed by atoms with E-state index in [-0.39, 0.29) is 10.8 Å². The van der Waals surface area contributed by atoms with Gasteiger partial charge in [0.1, 0.15) is 6.04 Å². The van der Waals surface area contributed by atoms with E-state index in [0.717, 1.165) is 11.1 Å². The van der Waals surface area contributed by atoms with Crippen molar-refractivity contribution >= 4 is 15.9 Å². The first-order valence-electron chi connectivity index (χ1n) is 9.77. The van der Waals surface area contributed by atoms with E-state index in [1.807, 2.05) is 6.07 Å². The van der Waals surface area contributed by atoms with Crippen LogP contribution in [-0.2, 0) is 21.4 Å². The molecular weight excluding hydrogens is 412 g/mol. The van der Waals surface area contributed by atoms with Crippen LogP contribution in [-0.4, -0.2) is 36.8 Å². The fraction of sp³-hybridized carbons (Fsp3) is 0.174. The number of carbonyl (C=O) groups excluding carboxylic acids is 1. The summed E-state index contributed by atoms with van der Waals surface area (Å²) in [6.45, 7) is 0.773. The van der Waals surface area contributed by atoms with Crippen molar-refractivity contribution in [3.63, 3.8) is 0 Å². The summed E-state index contributed by atoms with van der Waals surface area (Å²) in [5, 5.41) is 9.05. The Bertz CT molecular complexity index is 1250. The number of nitriles is 1. The molecule has 2 heterocycles. The van der Waals surface area contributed by atoms with Gasteiger partial charge in [-0.05, 0) is 47.9 Å². The molecule has 1 N–H and O–H groups in total. The van der Waals surface area contributed by atoms with Crippen molar-refractivity contribution in [2.24, 2.45) is 0 Å². The Labute approximate surface area is 181 Å². The highest BCUT2D eigenvalue weighted by Crippen LogP contribution is 2.27. The number of likely N-dealkylation sites (tertiary alicyclic amines) is 1. The quantitative estimate of drug-likeness (QED) is 0.645. The maximum atomic E-state index is 13.1. The third-order valence-corrected chi connectivity index (χ3v) is 6.72. The Balaban J connectivity index is 1.52. The molecule has 8 heteroatoms. The number of sulfonamides is 1. The minimum absolute atomic E-state index is 0.120. The molecule has 156 valence electrons. The molecule has 1 fully saturated rings. The third-order valence-electron chi connectivity index (χ3n) is 5.19. The fourth-order valence-electron chi connectivity index (χ4n) is 3.69. The number of benzene rings is 2. The number of nitrogens with one attached hydrogen (secondary N) is 1. The average molecular weight is 433 g/mol. The maximum absolute atomic E-state index is 13.1. The van der Waals surface area contributed by atoms with Gasteiger partial charge in [0.25, 0.3) is 0 Å². The fourth-order valence-corrected chi connectivity index (χ4v) is 5.14. The van der Waals surface area contributed by atoms with Crippen LogP contribution in [0.25, 0.3) is 11.1 Å². The highest BCUT2D eigenvalue weighted by Gasteiger charge is 2.35. The van der Waals surface area contributed by atoms with Crippen LogP contribution in [0.2, 0.25) is 0 Å². The summed E-state index contributed by atoms with van der Waals surface area (Å²) < 4.78 is 28.9. The van der Waals surface area contributed by atoms with Crippen molar-refractivity contribution in [2.45, 2.75) is 23.9 Å². The van der Waals surface area contributed by atoms with Gasteiger partial charge in [-0.3, -0.25) is 9.78 Å². The van der Waals surface area contributed by atoms with Gasteiger partial charge in [-0.15, -0.1) is 0 Å². The molecule has 0 radical (unpaired) electrons. The smallest absolute Gasteiger partial charge is 0.241 e. The highest BCUT2D eigenvalue weighted by molar-refractivity contribution is 7.89. The first-order valence-corrected chi connectivity index (χ1v) is 11.3.